The summed E-state index contributed by atoms with van der Waals surface area (Å²) in [5.41, 5.74) is 2.98. The summed E-state index contributed by atoms with van der Waals surface area (Å²) in [6, 6.07) is 9.88. The molecule has 0 aliphatic rings. The molecule has 2 nitrogen and oxygen atoms in total. The molecule has 21 heavy (non-hydrogen) atoms. The van der Waals surface area contributed by atoms with E-state index in [1.54, 1.807) is 38.1 Å². The van der Waals surface area contributed by atoms with E-state index in [2.05, 4.69) is 5.32 Å². The molecule has 0 bridgehead atoms. The van der Waals surface area contributed by atoms with Gasteiger partial charge in [-0.05, 0) is 42.7 Å². The van der Waals surface area contributed by atoms with Crippen LogP contribution in [0.1, 0.15) is 27.8 Å². The predicted octanol–water partition coefficient (Wildman–Crippen LogP) is 3.74. The highest BCUT2D eigenvalue weighted by atomic mass is 19.1. The van der Waals surface area contributed by atoms with Gasteiger partial charge in [0, 0.05) is 18.7 Å². The van der Waals surface area contributed by atoms with Gasteiger partial charge < -0.3 is 5.32 Å². The van der Waals surface area contributed by atoms with Crippen LogP contribution in [0.25, 0.3) is 0 Å². The van der Waals surface area contributed by atoms with Crippen molar-refractivity contribution in [1.29, 1.82) is 5.26 Å². The number of benzene rings is 2. The molecule has 0 spiro atoms. The number of nitriles is 1. The Kier molecular flexibility index (Phi) is 4.66. The van der Waals surface area contributed by atoms with Gasteiger partial charge in [0.05, 0.1) is 11.6 Å². The first-order valence-electron chi connectivity index (χ1n) is 6.66. The molecule has 0 amide bonds. The highest BCUT2D eigenvalue weighted by molar-refractivity contribution is 5.33. The van der Waals surface area contributed by atoms with Crippen LogP contribution in [0.5, 0.6) is 0 Å². The van der Waals surface area contributed by atoms with Crippen LogP contribution in [0.3, 0.4) is 0 Å². The smallest absolute Gasteiger partial charge is 0.129 e. The van der Waals surface area contributed by atoms with Gasteiger partial charge in [0.2, 0.25) is 0 Å². The maximum absolute atomic E-state index is 13.7. The molecule has 0 saturated carbocycles. The van der Waals surface area contributed by atoms with Crippen molar-refractivity contribution >= 4 is 0 Å². The van der Waals surface area contributed by atoms with Crippen LogP contribution in [0.15, 0.2) is 30.3 Å². The molecule has 0 saturated heterocycles. The van der Waals surface area contributed by atoms with E-state index in [-0.39, 0.29) is 5.82 Å². The molecule has 2 rings (SSSR count). The lowest BCUT2D eigenvalue weighted by atomic mass is 10.1. The SMILES string of the molecule is Cc1cc(CNCc2ccc(C#N)cc2F)cc(C)c1F. The molecule has 2 aromatic carbocycles. The lowest BCUT2D eigenvalue weighted by Gasteiger charge is -2.09. The van der Waals surface area contributed by atoms with Gasteiger partial charge in [0.1, 0.15) is 11.6 Å². The summed E-state index contributed by atoms with van der Waals surface area (Å²) < 4.78 is 27.2. The van der Waals surface area contributed by atoms with E-state index in [4.69, 9.17) is 5.26 Å². The maximum Gasteiger partial charge on any atom is 0.129 e. The molecule has 0 aliphatic heterocycles. The fraction of sp³-hybridized carbons (Fsp3) is 0.235. The molecular weight excluding hydrogens is 270 g/mol. The Morgan fingerprint density at radius 1 is 1.05 bits per heavy atom. The molecule has 0 unspecified atom stereocenters. The number of rotatable bonds is 4. The van der Waals surface area contributed by atoms with E-state index in [0.717, 1.165) is 5.56 Å². The van der Waals surface area contributed by atoms with E-state index in [1.165, 1.54) is 6.07 Å². The third-order valence-electron chi connectivity index (χ3n) is 3.32. The van der Waals surface area contributed by atoms with Crippen molar-refractivity contribution in [3.63, 3.8) is 0 Å². The summed E-state index contributed by atoms with van der Waals surface area (Å²) in [5, 5.41) is 11.8. The van der Waals surface area contributed by atoms with Crippen molar-refractivity contribution in [2.24, 2.45) is 0 Å². The Labute approximate surface area is 123 Å². The summed E-state index contributed by atoms with van der Waals surface area (Å²) in [6.07, 6.45) is 0. The van der Waals surface area contributed by atoms with Gasteiger partial charge >= 0.3 is 0 Å². The predicted molar refractivity (Wildman–Crippen MR) is 77.5 cm³/mol. The molecule has 2 aromatic rings. The number of nitrogens with one attached hydrogen (secondary N) is 1. The van der Waals surface area contributed by atoms with Crippen molar-refractivity contribution in [3.8, 4) is 6.07 Å². The van der Waals surface area contributed by atoms with Crippen molar-refractivity contribution in [1.82, 2.24) is 5.32 Å². The van der Waals surface area contributed by atoms with Crippen LogP contribution in [-0.2, 0) is 13.1 Å². The third kappa shape index (κ3) is 3.65. The highest BCUT2D eigenvalue weighted by Gasteiger charge is 2.06. The molecule has 0 aliphatic carbocycles. The Bertz CT molecular complexity index is 679. The monoisotopic (exact) mass is 286 g/mol. The summed E-state index contributed by atoms with van der Waals surface area (Å²) in [7, 11) is 0. The van der Waals surface area contributed by atoms with Gasteiger partial charge in [-0.15, -0.1) is 0 Å². The Morgan fingerprint density at radius 2 is 1.71 bits per heavy atom. The summed E-state index contributed by atoms with van der Waals surface area (Å²) in [6.45, 7) is 4.34. The van der Waals surface area contributed by atoms with E-state index in [1.807, 2.05) is 6.07 Å². The van der Waals surface area contributed by atoms with E-state index >= 15 is 0 Å². The molecule has 1 N–H and O–H groups in total. The number of aryl methyl sites for hydroxylation is 2. The Hall–Kier alpha value is -2.25. The second-order valence-corrected chi connectivity index (χ2v) is 5.07. The zero-order valence-corrected chi connectivity index (χ0v) is 12.0. The Balaban J connectivity index is 2.00. The lowest BCUT2D eigenvalue weighted by molar-refractivity contribution is 0.585. The average molecular weight is 286 g/mol. The number of hydrogen-bond donors (Lipinski definition) is 1. The topological polar surface area (TPSA) is 35.8 Å². The van der Waals surface area contributed by atoms with Gasteiger partial charge in [0.25, 0.3) is 0 Å². The van der Waals surface area contributed by atoms with E-state index in [9.17, 15) is 8.78 Å². The third-order valence-corrected chi connectivity index (χ3v) is 3.32. The summed E-state index contributed by atoms with van der Waals surface area (Å²) in [5.74, 6) is -0.579. The normalized spacial score (nSPS) is 10.4. The van der Waals surface area contributed by atoms with Crippen LogP contribution in [0, 0.1) is 36.8 Å². The fourth-order valence-electron chi connectivity index (χ4n) is 2.24. The molecule has 0 heterocycles. The quantitative estimate of drug-likeness (QED) is 0.929. The molecule has 0 aromatic heterocycles. The van der Waals surface area contributed by atoms with Gasteiger partial charge in [-0.1, -0.05) is 18.2 Å². The van der Waals surface area contributed by atoms with Crippen LogP contribution < -0.4 is 5.32 Å². The molecule has 0 fully saturated rings. The van der Waals surface area contributed by atoms with Crippen molar-refractivity contribution in [2.45, 2.75) is 26.9 Å². The fourth-order valence-corrected chi connectivity index (χ4v) is 2.24. The van der Waals surface area contributed by atoms with Gasteiger partial charge in [-0.3, -0.25) is 0 Å². The number of hydrogen-bond acceptors (Lipinski definition) is 2. The second-order valence-electron chi connectivity index (χ2n) is 5.07. The summed E-state index contributed by atoms with van der Waals surface area (Å²) >= 11 is 0. The van der Waals surface area contributed by atoms with Crippen molar-refractivity contribution in [3.05, 3.63) is 69.8 Å². The van der Waals surface area contributed by atoms with E-state index < -0.39 is 5.82 Å². The molecule has 108 valence electrons. The molecule has 0 atom stereocenters. The number of halogens is 2. The molecular formula is C17H16F2N2. The first-order chi connectivity index (χ1) is 10.0. The van der Waals surface area contributed by atoms with Crippen LogP contribution in [0.2, 0.25) is 0 Å². The minimum Gasteiger partial charge on any atom is -0.309 e. The van der Waals surface area contributed by atoms with Gasteiger partial charge in [-0.2, -0.15) is 5.26 Å². The van der Waals surface area contributed by atoms with Crippen LogP contribution in [-0.4, -0.2) is 0 Å². The highest BCUT2D eigenvalue weighted by Crippen LogP contribution is 2.15. The van der Waals surface area contributed by atoms with Crippen molar-refractivity contribution in [2.75, 3.05) is 0 Å². The van der Waals surface area contributed by atoms with Gasteiger partial charge in [0.15, 0.2) is 0 Å². The van der Waals surface area contributed by atoms with Crippen LogP contribution >= 0.6 is 0 Å². The summed E-state index contributed by atoms with van der Waals surface area (Å²) in [4.78, 5) is 0. The zero-order valence-electron chi connectivity index (χ0n) is 12.0. The number of nitrogens with zero attached hydrogens (tertiary/aromatic N) is 1. The standard InChI is InChI=1S/C17H16F2N2/c1-11-5-14(6-12(2)17(11)19)9-21-10-15-4-3-13(8-20)7-16(15)18/h3-7,21H,9-10H2,1-2H3. The minimum absolute atomic E-state index is 0.183. The van der Waals surface area contributed by atoms with Crippen molar-refractivity contribution < 1.29 is 8.78 Å². The first kappa shape index (κ1) is 15.1. The average Bonchev–Trinajstić information content (AvgIpc) is 2.46. The zero-order chi connectivity index (χ0) is 15.4. The lowest BCUT2D eigenvalue weighted by Crippen LogP contribution is -2.14. The van der Waals surface area contributed by atoms with E-state index in [0.29, 0.717) is 35.3 Å². The largest absolute Gasteiger partial charge is 0.309 e. The first-order valence-corrected chi connectivity index (χ1v) is 6.66. The molecule has 0 radical (unpaired) electrons. The van der Waals surface area contributed by atoms with Gasteiger partial charge in [-0.25, -0.2) is 8.78 Å². The van der Waals surface area contributed by atoms with Crippen LogP contribution in [0.4, 0.5) is 8.78 Å². The molecule has 4 heteroatoms. The maximum atomic E-state index is 13.7. The second kappa shape index (κ2) is 6.47. The Morgan fingerprint density at radius 3 is 2.29 bits per heavy atom. The minimum atomic E-state index is -0.395.